The molecule has 14 nitrogen and oxygen atoms in total. The molecule has 2 aromatic carbocycles. The number of ether oxygens (including phenoxy) is 8. The van der Waals surface area contributed by atoms with Gasteiger partial charge in [0.2, 0.25) is 0 Å². The minimum Gasteiger partial charge on any atom is -0.441 e. The Labute approximate surface area is 330 Å². The van der Waals surface area contributed by atoms with Gasteiger partial charge in [-0.2, -0.15) is 0 Å². The zero-order valence-electron chi connectivity index (χ0n) is 32.0. The summed E-state index contributed by atoms with van der Waals surface area (Å²) in [6, 6.07) is 18.5. The zero-order chi connectivity index (χ0) is 39.9. The first kappa shape index (κ1) is 43.0. The minimum atomic E-state index is -2.06. The molecular weight excluding hydrogens is 782 g/mol. The Morgan fingerprint density at radius 1 is 0.927 bits per heavy atom. The first-order chi connectivity index (χ1) is 26.2. The van der Waals surface area contributed by atoms with Crippen LogP contribution in [0.15, 0.2) is 71.2 Å². The summed E-state index contributed by atoms with van der Waals surface area (Å²) in [7, 11) is 2.69. The number of amides is 2. The third-order valence-electron chi connectivity index (χ3n) is 9.97. The Morgan fingerprint density at radius 2 is 1.53 bits per heavy atom. The van der Waals surface area contributed by atoms with Crippen molar-refractivity contribution in [2.24, 2.45) is 5.92 Å². The Hall–Kier alpha value is -3.09. The van der Waals surface area contributed by atoms with E-state index in [2.05, 4.69) is 15.9 Å². The van der Waals surface area contributed by atoms with E-state index in [4.69, 9.17) is 37.9 Å². The number of benzene rings is 2. The van der Waals surface area contributed by atoms with E-state index in [1.807, 2.05) is 74.5 Å². The van der Waals surface area contributed by atoms with E-state index in [-0.39, 0.29) is 49.7 Å². The molecule has 2 fully saturated rings. The van der Waals surface area contributed by atoms with Crippen LogP contribution >= 0.6 is 15.9 Å². The first-order valence-electron chi connectivity index (χ1n) is 18.4. The van der Waals surface area contributed by atoms with Gasteiger partial charge < -0.3 is 48.1 Å². The molecule has 3 aliphatic rings. The second-order valence-corrected chi connectivity index (χ2v) is 15.5. The number of hydrogen-bond acceptors (Lipinski definition) is 13. The van der Waals surface area contributed by atoms with Crippen LogP contribution in [0.4, 0.5) is 4.79 Å². The molecule has 302 valence electrons. The van der Waals surface area contributed by atoms with Crippen LogP contribution in [0.1, 0.15) is 51.7 Å². The highest BCUT2D eigenvalue weighted by atomic mass is 79.9. The average molecular weight is 835 g/mol. The number of halogens is 1. The molecule has 2 aromatic rings. The van der Waals surface area contributed by atoms with E-state index in [1.165, 1.54) is 14.2 Å². The largest absolute Gasteiger partial charge is 0.441 e. The van der Waals surface area contributed by atoms with Gasteiger partial charge in [0.1, 0.15) is 30.0 Å². The highest BCUT2D eigenvalue weighted by Gasteiger charge is 2.56. The smallest absolute Gasteiger partial charge is 0.417 e. The van der Waals surface area contributed by atoms with Crippen LogP contribution in [-0.4, -0.2) is 121 Å². The van der Waals surface area contributed by atoms with Crippen LogP contribution < -0.4 is 0 Å². The molecule has 2 saturated heterocycles. The van der Waals surface area contributed by atoms with Gasteiger partial charge in [-0.1, -0.05) is 74.5 Å². The standard InChI is InChI=1S/C40H52BrNO13/c1-24(2)35-39(3,4)55-38(46)42(35)36(45)33(48-5)30-27(44)20-29(41)40(47,54-30)18-13-19-50-34-32(52-23-26-16-11-8-12-17-26)31(28(21-43)53-37(34)49-6)51-22-25-14-9-7-10-15-25/h7-12,14-17,20,24,28,30-35,37,43,47H,13,18-19,21-23H2,1-6H3/t28-,30-,31-,32+,33+,34+,35+,37+,40-/m1/s1. The summed E-state index contributed by atoms with van der Waals surface area (Å²) < 4.78 is 48.0. The lowest BCUT2D eigenvalue weighted by atomic mass is 9.88. The van der Waals surface area contributed by atoms with Crippen molar-refractivity contribution in [3.63, 3.8) is 0 Å². The summed E-state index contributed by atoms with van der Waals surface area (Å²) in [6.45, 7) is 7.26. The van der Waals surface area contributed by atoms with Crippen LogP contribution in [-0.2, 0) is 60.7 Å². The van der Waals surface area contributed by atoms with Gasteiger partial charge in [0.25, 0.3) is 5.91 Å². The lowest BCUT2D eigenvalue weighted by molar-refractivity contribution is -0.320. The Balaban J connectivity index is 1.30. The zero-order valence-corrected chi connectivity index (χ0v) is 33.6. The predicted octanol–water partition coefficient (Wildman–Crippen LogP) is 4.42. The number of carbonyl (C=O) groups is 3. The van der Waals surface area contributed by atoms with Gasteiger partial charge >= 0.3 is 6.09 Å². The number of aliphatic hydroxyl groups excluding tert-OH is 1. The molecule has 0 spiro atoms. The Morgan fingerprint density at radius 3 is 2.07 bits per heavy atom. The number of imide groups is 1. The molecule has 3 heterocycles. The van der Waals surface area contributed by atoms with E-state index in [0.29, 0.717) is 0 Å². The van der Waals surface area contributed by atoms with Crippen molar-refractivity contribution in [3.05, 3.63) is 82.3 Å². The molecule has 0 unspecified atom stereocenters. The van der Waals surface area contributed by atoms with Crippen molar-refractivity contribution in [1.82, 2.24) is 4.90 Å². The summed E-state index contributed by atoms with van der Waals surface area (Å²) in [5, 5.41) is 22.1. The maximum absolute atomic E-state index is 13.9. The van der Waals surface area contributed by atoms with Gasteiger partial charge in [0.15, 0.2) is 30.1 Å². The number of rotatable bonds is 17. The molecule has 0 bridgehead atoms. The maximum atomic E-state index is 13.9. The number of carbonyl (C=O) groups excluding carboxylic acids is 3. The van der Waals surface area contributed by atoms with Crippen molar-refractivity contribution in [3.8, 4) is 0 Å². The molecule has 2 amide bonds. The monoisotopic (exact) mass is 833 g/mol. The van der Waals surface area contributed by atoms with E-state index in [1.54, 1.807) is 13.8 Å². The number of cyclic esters (lactones) is 1. The summed E-state index contributed by atoms with van der Waals surface area (Å²) >= 11 is 3.28. The summed E-state index contributed by atoms with van der Waals surface area (Å²) in [4.78, 5) is 41.0. The minimum absolute atomic E-state index is 0.0379. The number of aliphatic hydroxyl groups is 2. The molecule has 5 rings (SSSR count). The number of nitrogens with zero attached hydrogens (tertiary/aromatic N) is 1. The molecule has 3 aliphatic heterocycles. The van der Waals surface area contributed by atoms with E-state index >= 15 is 0 Å². The highest BCUT2D eigenvalue weighted by molar-refractivity contribution is 9.11. The SMILES string of the molecule is CO[C@H]1O[C@H](CO)[C@@H](OCc2ccccc2)[C@H](OCc2ccccc2)[C@@H]1OCCC[C@@]1(O)O[C@@H]([C@H](OC)C(=O)N2C(=O)OC(C)(C)[C@@H]2C(C)C)C(=O)C=C1Br. The molecule has 15 heteroatoms. The van der Waals surface area contributed by atoms with Crippen molar-refractivity contribution >= 4 is 33.7 Å². The number of methoxy groups -OCH3 is 2. The van der Waals surface area contributed by atoms with Gasteiger partial charge in [-0.3, -0.25) is 9.59 Å². The van der Waals surface area contributed by atoms with Crippen molar-refractivity contribution in [2.75, 3.05) is 27.4 Å². The lowest BCUT2D eigenvalue weighted by Crippen LogP contribution is -2.61. The predicted molar refractivity (Wildman–Crippen MR) is 200 cm³/mol. The van der Waals surface area contributed by atoms with Crippen LogP contribution in [0, 0.1) is 5.92 Å². The van der Waals surface area contributed by atoms with Crippen LogP contribution in [0.2, 0.25) is 0 Å². The fourth-order valence-corrected chi connectivity index (χ4v) is 7.98. The fourth-order valence-electron chi connectivity index (χ4n) is 7.46. The van der Waals surface area contributed by atoms with Crippen molar-refractivity contribution in [2.45, 2.75) is 114 Å². The van der Waals surface area contributed by atoms with Crippen LogP contribution in [0.25, 0.3) is 0 Å². The molecule has 0 aromatic heterocycles. The van der Waals surface area contributed by atoms with E-state index < -0.39 is 78.1 Å². The molecule has 0 radical (unpaired) electrons. The third-order valence-corrected chi connectivity index (χ3v) is 10.8. The van der Waals surface area contributed by atoms with Gasteiger partial charge in [-0.05, 0) is 59.3 Å². The normalized spacial score (nSPS) is 30.0. The quantitative estimate of drug-likeness (QED) is 0.215. The second-order valence-electron chi connectivity index (χ2n) is 14.7. The number of ketones is 1. The molecular formula is C40H52BrNO13. The maximum Gasteiger partial charge on any atom is 0.417 e. The highest BCUT2D eigenvalue weighted by Crippen LogP contribution is 2.39. The average Bonchev–Trinajstić information content (AvgIpc) is 3.42. The summed E-state index contributed by atoms with van der Waals surface area (Å²) in [5.74, 6) is -3.69. The molecule has 55 heavy (non-hydrogen) atoms. The topological polar surface area (TPSA) is 169 Å². The molecule has 9 atom stereocenters. The molecule has 2 N–H and O–H groups in total. The summed E-state index contributed by atoms with van der Waals surface area (Å²) in [6.07, 6.45) is -6.82. The van der Waals surface area contributed by atoms with Crippen molar-refractivity contribution < 1.29 is 62.5 Å². The van der Waals surface area contributed by atoms with Gasteiger partial charge in [-0.15, -0.1) is 0 Å². The van der Waals surface area contributed by atoms with Crippen LogP contribution in [0.5, 0.6) is 0 Å². The van der Waals surface area contributed by atoms with Gasteiger partial charge in [0.05, 0.1) is 30.3 Å². The second kappa shape index (κ2) is 18.9. The lowest BCUT2D eigenvalue weighted by Gasteiger charge is -2.45. The molecule has 0 saturated carbocycles. The Bertz CT molecular complexity index is 1630. The van der Waals surface area contributed by atoms with Crippen molar-refractivity contribution in [1.29, 1.82) is 0 Å². The molecule has 0 aliphatic carbocycles. The third kappa shape index (κ3) is 9.90. The van der Waals surface area contributed by atoms with E-state index in [9.17, 15) is 24.6 Å². The van der Waals surface area contributed by atoms with Gasteiger partial charge in [0, 0.05) is 27.2 Å². The number of hydrogen-bond donors (Lipinski definition) is 2. The van der Waals surface area contributed by atoms with E-state index in [0.717, 1.165) is 22.1 Å². The first-order valence-corrected chi connectivity index (χ1v) is 19.2. The fraction of sp³-hybridized carbons (Fsp3) is 0.575. The van der Waals surface area contributed by atoms with Crippen LogP contribution in [0.3, 0.4) is 0 Å². The van der Waals surface area contributed by atoms with Gasteiger partial charge in [-0.25, -0.2) is 9.69 Å². The summed E-state index contributed by atoms with van der Waals surface area (Å²) in [5.41, 5.74) is 0.855. The Kier molecular flexibility index (Phi) is 14.8.